The number of nitro benzene ring substituents is 1. The maximum atomic E-state index is 13.6. The van der Waals surface area contributed by atoms with Gasteiger partial charge < -0.3 is 15.1 Å². The number of piperazine rings is 1. The number of non-ortho nitro benzene ring substituents is 1. The van der Waals surface area contributed by atoms with Gasteiger partial charge in [0.25, 0.3) is 5.69 Å². The van der Waals surface area contributed by atoms with E-state index in [1.165, 1.54) is 6.42 Å². The Morgan fingerprint density at radius 3 is 2.65 bits per heavy atom. The number of nitrogens with zero attached hydrogens (tertiary/aromatic N) is 4. The maximum Gasteiger partial charge on any atom is 0.269 e. The minimum Gasteiger partial charge on any atom is -0.367 e. The number of nitrogens with one attached hydrogen (secondary N) is 1. The number of carbonyl (C=O) groups excluding carboxylic acids is 1. The van der Waals surface area contributed by atoms with Gasteiger partial charge in [-0.2, -0.15) is 5.26 Å². The number of hydrogen-bond acceptors (Lipinski definition) is 6. The van der Waals surface area contributed by atoms with Gasteiger partial charge in [-0.3, -0.25) is 14.9 Å². The molecule has 1 aliphatic carbocycles. The summed E-state index contributed by atoms with van der Waals surface area (Å²) in [6.07, 6.45) is 5.99. The molecule has 2 aromatic carbocycles. The molecule has 0 unspecified atom stereocenters. The number of anilines is 2. The van der Waals surface area contributed by atoms with Crippen molar-refractivity contribution in [1.29, 1.82) is 5.26 Å². The van der Waals surface area contributed by atoms with Crippen LogP contribution in [-0.2, 0) is 11.2 Å². The van der Waals surface area contributed by atoms with E-state index in [1.54, 1.807) is 12.1 Å². The Kier molecular flexibility index (Phi) is 6.10. The van der Waals surface area contributed by atoms with Crippen molar-refractivity contribution in [2.24, 2.45) is 5.92 Å². The van der Waals surface area contributed by atoms with E-state index in [0.29, 0.717) is 31.6 Å². The zero-order valence-electron chi connectivity index (χ0n) is 19.2. The third kappa shape index (κ3) is 4.18. The fourth-order valence-corrected chi connectivity index (χ4v) is 5.84. The lowest BCUT2D eigenvalue weighted by atomic mass is 9.82. The van der Waals surface area contributed by atoms with E-state index in [2.05, 4.69) is 21.2 Å². The standard InChI is InChI=1S/C26H29N5O3/c27-16-18-6-4-5-9-23(18)29-12-13-30-24-11-10-21(31(33)34)14-19(24)15-22(25(30)17-29)26(32)28-20-7-2-1-3-8-20/h4-6,9-11,14,20,22,25H,1-3,7-8,12-13,15,17H2,(H,28,32)/t22-,25+/m1/s1. The Morgan fingerprint density at radius 1 is 1.09 bits per heavy atom. The fraction of sp³-hybridized carbons (Fsp3) is 0.462. The van der Waals surface area contributed by atoms with Gasteiger partial charge in [0.2, 0.25) is 5.91 Å². The highest BCUT2D eigenvalue weighted by Gasteiger charge is 2.42. The fourth-order valence-electron chi connectivity index (χ4n) is 5.84. The molecule has 2 fully saturated rings. The van der Waals surface area contributed by atoms with Crippen molar-refractivity contribution in [3.63, 3.8) is 0 Å². The van der Waals surface area contributed by atoms with Crippen LogP contribution < -0.4 is 15.1 Å². The van der Waals surface area contributed by atoms with Gasteiger partial charge >= 0.3 is 0 Å². The average molecular weight is 460 g/mol. The van der Waals surface area contributed by atoms with E-state index < -0.39 is 0 Å². The summed E-state index contributed by atoms with van der Waals surface area (Å²) in [6, 6.07) is 15.0. The van der Waals surface area contributed by atoms with Crippen LogP contribution in [0.4, 0.5) is 17.1 Å². The van der Waals surface area contributed by atoms with Crippen LogP contribution >= 0.6 is 0 Å². The first-order valence-corrected chi connectivity index (χ1v) is 12.1. The molecule has 3 aliphatic rings. The normalized spacial score (nSPS) is 22.3. The van der Waals surface area contributed by atoms with Gasteiger partial charge in [0, 0.05) is 43.5 Å². The van der Waals surface area contributed by atoms with E-state index in [9.17, 15) is 20.2 Å². The number of para-hydroxylation sites is 1. The lowest BCUT2D eigenvalue weighted by Gasteiger charge is -2.50. The average Bonchev–Trinajstić information content (AvgIpc) is 2.88. The van der Waals surface area contributed by atoms with Gasteiger partial charge in [0.1, 0.15) is 6.07 Å². The van der Waals surface area contributed by atoms with Gasteiger partial charge in [0.15, 0.2) is 0 Å². The highest BCUT2D eigenvalue weighted by Crippen LogP contribution is 2.39. The van der Waals surface area contributed by atoms with Crippen molar-refractivity contribution < 1.29 is 9.72 Å². The molecule has 2 atom stereocenters. The zero-order valence-corrected chi connectivity index (χ0v) is 19.2. The Morgan fingerprint density at radius 2 is 1.88 bits per heavy atom. The first-order valence-electron chi connectivity index (χ1n) is 12.1. The van der Waals surface area contributed by atoms with Crippen LogP contribution in [0.2, 0.25) is 0 Å². The molecule has 0 radical (unpaired) electrons. The first-order chi connectivity index (χ1) is 16.5. The molecule has 34 heavy (non-hydrogen) atoms. The molecule has 176 valence electrons. The summed E-state index contributed by atoms with van der Waals surface area (Å²) in [7, 11) is 0. The van der Waals surface area contributed by atoms with E-state index >= 15 is 0 Å². The molecule has 8 heteroatoms. The van der Waals surface area contributed by atoms with Gasteiger partial charge in [-0.1, -0.05) is 31.4 Å². The molecule has 2 heterocycles. The van der Waals surface area contributed by atoms with Crippen LogP contribution in [-0.4, -0.2) is 42.5 Å². The number of nitro groups is 1. The summed E-state index contributed by atoms with van der Waals surface area (Å²) in [4.78, 5) is 29.0. The Labute approximate surface area is 199 Å². The molecule has 1 N–H and O–H groups in total. The Balaban J connectivity index is 1.47. The monoisotopic (exact) mass is 459 g/mol. The van der Waals surface area contributed by atoms with E-state index in [4.69, 9.17) is 0 Å². The van der Waals surface area contributed by atoms with Crippen molar-refractivity contribution in [3.8, 4) is 6.07 Å². The summed E-state index contributed by atoms with van der Waals surface area (Å²) >= 11 is 0. The summed E-state index contributed by atoms with van der Waals surface area (Å²) in [5.41, 5.74) is 3.42. The molecule has 1 amide bonds. The summed E-state index contributed by atoms with van der Waals surface area (Å²) in [5, 5.41) is 24.3. The molecule has 1 saturated heterocycles. The van der Waals surface area contributed by atoms with Crippen LogP contribution in [0.15, 0.2) is 42.5 Å². The summed E-state index contributed by atoms with van der Waals surface area (Å²) in [5.74, 6) is -0.275. The van der Waals surface area contributed by atoms with Crippen LogP contribution in [0.5, 0.6) is 0 Å². The van der Waals surface area contributed by atoms with E-state index in [0.717, 1.165) is 42.6 Å². The van der Waals surface area contributed by atoms with E-state index in [1.807, 2.05) is 30.3 Å². The Bertz CT molecular complexity index is 1140. The van der Waals surface area contributed by atoms with Gasteiger partial charge in [-0.05, 0) is 43.0 Å². The smallest absolute Gasteiger partial charge is 0.269 e. The number of carbonyl (C=O) groups is 1. The lowest BCUT2D eigenvalue weighted by molar-refractivity contribution is -0.384. The molecule has 1 saturated carbocycles. The molecular weight excluding hydrogens is 430 g/mol. The molecule has 0 bridgehead atoms. The third-order valence-corrected chi connectivity index (χ3v) is 7.56. The highest BCUT2D eigenvalue weighted by atomic mass is 16.6. The second-order valence-electron chi connectivity index (χ2n) is 9.56. The van der Waals surface area contributed by atoms with Gasteiger partial charge in [-0.25, -0.2) is 0 Å². The summed E-state index contributed by atoms with van der Waals surface area (Å²) < 4.78 is 0. The number of benzene rings is 2. The SMILES string of the molecule is N#Cc1ccccc1N1CCN2c3ccc([N+](=O)[O-])cc3C[C@@H](C(=O)NC3CCCCC3)[C@@H]2C1. The van der Waals surface area contributed by atoms with E-state index in [-0.39, 0.29) is 34.5 Å². The van der Waals surface area contributed by atoms with Crippen molar-refractivity contribution in [1.82, 2.24) is 5.32 Å². The number of rotatable bonds is 4. The van der Waals surface area contributed by atoms with Crippen LogP contribution in [0, 0.1) is 27.4 Å². The molecule has 2 aromatic rings. The minimum absolute atomic E-state index is 0.0366. The molecule has 5 rings (SSSR count). The van der Waals surface area contributed by atoms with Gasteiger partial charge in [-0.15, -0.1) is 0 Å². The lowest BCUT2D eigenvalue weighted by Crippen LogP contribution is -2.61. The second kappa shape index (κ2) is 9.34. The van der Waals surface area contributed by atoms with Crippen molar-refractivity contribution in [2.45, 2.75) is 50.6 Å². The molecular formula is C26H29N5O3. The topological polar surface area (TPSA) is 103 Å². The number of fused-ring (bicyclic) bond motifs is 3. The minimum atomic E-state index is -0.375. The molecule has 0 spiro atoms. The molecule has 2 aliphatic heterocycles. The highest BCUT2D eigenvalue weighted by molar-refractivity contribution is 5.83. The molecule has 0 aromatic heterocycles. The van der Waals surface area contributed by atoms with Crippen molar-refractivity contribution in [3.05, 3.63) is 63.7 Å². The quantitative estimate of drug-likeness (QED) is 0.551. The molecule has 8 nitrogen and oxygen atoms in total. The zero-order chi connectivity index (χ0) is 23.7. The Hall–Kier alpha value is -3.60. The second-order valence-corrected chi connectivity index (χ2v) is 9.56. The predicted octanol–water partition coefficient (Wildman–Crippen LogP) is 3.78. The number of amides is 1. The van der Waals surface area contributed by atoms with Crippen molar-refractivity contribution in [2.75, 3.05) is 29.4 Å². The van der Waals surface area contributed by atoms with Crippen LogP contribution in [0.1, 0.15) is 43.2 Å². The first kappa shape index (κ1) is 22.2. The van der Waals surface area contributed by atoms with Crippen LogP contribution in [0.3, 0.4) is 0 Å². The van der Waals surface area contributed by atoms with Crippen LogP contribution in [0.25, 0.3) is 0 Å². The van der Waals surface area contributed by atoms with Gasteiger partial charge in [0.05, 0.1) is 28.1 Å². The maximum absolute atomic E-state index is 13.6. The number of nitriles is 1. The van der Waals surface area contributed by atoms with Crippen molar-refractivity contribution >= 4 is 23.0 Å². The predicted molar refractivity (Wildman–Crippen MR) is 130 cm³/mol. The number of hydrogen-bond donors (Lipinski definition) is 1. The third-order valence-electron chi connectivity index (χ3n) is 7.56. The summed E-state index contributed by atoms with van der Waals surface area (Å²) in [6.45, 7) is 2.02. The largest absolute Gasteiger partial charge is 0.367 e.